The van der Waals surface area contributed by atoms with Crippen molar-refractivity contribution in [3.63, 3.8) is 0 Å². The minimum Gasteiger partial charge on any atom is -0.481 e. The molecule has 2 N–H and O–H groups in total. The van der Waals surface area contributed by atoms with E-state index in [-0.39, 0.29) is 6.54 Å². The SMILES string of the molecule is CC(CNC(=O)C1(c2cccc(C(F)(F)F)c2)CCCC1)C(=O)O. The van der Waals surface area contributed by atoms with Crippen molar-refractivity contribution >= 4 is 11.9 Å². The minimum absolute atomic E-state index is 0.0467. The second-order valence-electron chi connectivity index (χ2n) is 6.32. The minimum atomic E-state index is -4.47. The number of hydrogen-bond donors (Lipinski definition) is 2. The summed E-state index contributed by atoms with van der Waals surface area (Å²) >= 11 is 0. The molecule has 1 atom stereocenters. The van der Waals surface area contributed by atoms with Gasteiger partial charge >= 0.3 is 12.1 Å². The highest BCUT2D eigenvalue weighted by atomic mass is 19.4. The number of carbonyl (C=O) groups excluding carboxylic acids is 1. The summed E-state index contributed by atoms with van der Waals surface area (Å²) in [6.07, 6.45) is -2.05. The maximum atomic E-state index is 13.0. The first kappa shape index (κ1) is 18.3. The Bertz CT molecular complexity index is 622. The van der Waals surface area contributed by atoms with Gasteiger partial charge in [-0.2, -0.15) is 13.2 Å². The molecule has 0 radical (unpaired) electrons. The average Bonchev–Trinajstić information content (AvgIpc) is 3.02. The molecule has 0 saturated heterocycles. The zero-order valence-corrected chi connectivity index (χ0v) is 13.3. The van der Waals surface area contributed by atoms with Crippen LogP contribution in [0.5, 0.6) is 0 Å². The van der Waals surface area contributed by atoms with Crippen LogP contribution in [0, 0.1) is 5.92 Å². The van der Waals surface area contributed by atoms with E-state index in [9.17, 15) is 22.8 Å². The van der Waals surface area contributed by atoms with Gasteiger partial charge in [0.05, 0.1) is 16.9 Å². The highest BCUT2D eigenvalue weighted by Gasteiger charge is 2.43. The molecule has 1 unspecified atom stereocenters. The summed E-state index contributed by atoms with van der Waals surface area (Å²) in [5.41, 5.74) is -1.45. The highest BCUT2D eigenvalue weighted by Crippen LogP contribution is 2.43. The van der Waals surface area contributed by atoms with Crippen molar-refractivity contribution in [1.29, 1.82) is 0 Å². The molecule has 1 aromatic rings. The number of benzene rings is 1. The number of aliphatic carboxylic acids is 1. The van der Waals surface area contributed by atoms with E-state index in [1.165, 1.54) is 13.0 Å². The van der Waals surface area contributed by atoms with Crippen LogP contribution in [-0.4, -0.2) is 23.5 Å². The summed E-state index contributed by atoms with van der Waals surface area (Å²) in [6, 6.07) is 4.87. The molecule has 2 rings (SSSR count). The van der Waals surface area contributed by atoms with Gasteiger partial charge in [0.1, 0.15) is 0 Å². The lowest BCUT2D eigenvalue weighted by Crippen LogP contribution is -2.44. The van der Waals surface area contributed by atoms with Gasteiger partial charge in [0.15, 0.2) is 0 Å². The van der Waals surface area contributed by atoms with Crippen LogP contribution in [0.4, 0.5) is 13.2 Å². The molecule has 1 aliphatic rings. The van der Waals surface area contributed by atoms with Crippen LogP contribution < -0.4 is 5.32 Å². The van der Waals surface area contributed by atoms with Crippen molar-refractivity contribution in [3.05, 3.63) is 35.4 Å². The largest absolute Gasteiger partial charge is 0.481 e. The quantitative estimate of drug-likeness (QED) is 0.862. The molecule has 4 nitrogen and oxygen atoms in total. The van der Waals surface area contributed by atoms with Crippen molar-refractivity contribution in [1.82, 2.24) is 5.32 Å². The smallest absolute Gasteiger partial charge is 0.416 e. The summed E-state index contributed by atoms with van der Waals surface area (Å²) in [6.45, 7) is 1.42. The van der Waals surface area contributed by atoms with Gasteiger partial charge < -0.3 is 10.4 Å². The van der Waals surface area contributed by atoms with Crippen molar-refractivity contribution in [3.8, 4) is 0 Å². The van der Waals surface area contributed by atoms with Crippen LogP contribution in [0.1, 0.15) is 43.7 Å². The number of carbonyl (C=O) groups is 2. The van der Waals surface area contributed by atoms with Gasteiger partial charge in [-0.15, -0.1) is 0 Å². The number of hydrogen-bond acceptors (Lipinski definition) is 2. The van der Waals surface area contributed by atoms with E-state index < -0.39 is 34.9 Å². The third-order valence-corrected chi connectivity index (χ3v) is 4.62. The molecule has 0 bridgehead atoms. The molecule has 132 valence electrons. The highest BCUT2D eigenvalue weighted by molar-refractivity contribution is 5.89. The second-order valence-corrected chi connectivity index (χ2v) is 6.32. The molecule has 0 spiro atoms. The number of carboxylic acid groups (broad SMARTS) is 1. The molecular formula is C17H20F3NO3. The molecule has 1 amide bonds. The molecule has 0 aromatic heterocycles. The van der Waals surface area contributed by atoms with E-state index in [2.05, 4.69) is 5.32 Å². The van der Waals surface area contributed by atoms with Crippen LogP contribution in [-0.2, 0) is 21.2 Å². The zero-order chi connectivity index (χ0) is 18.0. The number of nitrogens with one attached hydrogen (secondary N) is 1. The zero-order valence-electron chi connectivity index (χ0n) is 13.3. The first-order chi connectivity index (χ1) is 11.2. The molecule has 1 aromatic carbocycles. The average molecular weight is 343 g/mol. The summed E-state index contributed by atoms with van der Waals surface area (Å²) in [7, 11) is 0. The van der Waals surface area contributed by atoms with Gasteiger partial charge in [-0.05, 0) is 24.5 Å². The van der Waals surface area contributed by atoms with Crippen LogP contribution in [0.15, 0.2) is 24.3 Å². The lowest BCUT2D eigenvalue weighted by molar-refractivity contribution is -0.141. The Labute approximate surface area is 138 Å². The predicted octanol–water partition coefficient (Wildman–Crippen LogP) is 3.35. The van der Waals surface area contributed by atoms with E-state index >= 15 is 0 Å². The predicted molar refractivity (Wildman–Crippen MR) is 81.4 cm³/mol. The molecule has 1 saturated carbocycles. The van der Waals surface area contributed by atoms with Gasteiger partial charge in [-0.3, -0.25) is 9.59 Å². The third-order valence-electron chi connectivity index (χ3n) is 4.62. The van der Waals surface area contributed by atoms with E-state index in [0.29, 0.717) is 18.4 Å². The summed E-state index contributed by atoms with van der Waals surface area (Å²) in [5, 5.41) is 11.5. The fraction of sp³-hybridized carbons (Fsp3) is 0.529. The molecule has 24 heavy (non-hydrogen) atoms. The third kappa shape index (κ3) is 3.71. The standard InChI is InChI=1S/C17H20F3NO3/c1-11(14(22)23)10-21-15(24)16(7-2-3-8-16)12-5-4-6-13(9-12)17(18,19)20/h4-6,9,11H,2-3,7-8,10H2,1H3,(H,21,24)(H,22,23). The Hall–Kier alpha value is -2.05. The molecule has 1 aliphatic carbocycles. The summed E-state index contributed by atoms with van der Waals surface area (Å²) in [5.74, 6) is -2.18. The Kier molecular flexibility index (Phi) is 5.20. The van der Waals surface area contributed by atoms with Gasteiger partial charge in [0, 0.05) is 6.54 Å². The lowest BCUT2D eigenvalue weighted by atomic mass is 9.77. The normalized spacial score (nSPS) is 18.2. The van der Waals surface area contributed by atoms with E-state index in [1.807, 2.05) is 0 Å². The Morgan fingerprint density at radius 1 is 1.29 bits per heavy atom. The maximum Gasteiger partial charge on any atom is 0.416 e. The van der Waals surface area contributed by atoms with Crippen LogP contribution in [0.2, 0.25) is 0 Å². The van der Waals surface area contributed by atoms with Crippen LogP contribution in [0.25, 0.3) is 0 Å². The van der Waals surface area contributed by atoms with Crippen molar-refractivity contribution in [2.45, 2.75) is 44.2 Å². The van der Waals surface area contributed by atoms with Gasteiger partial charge in [-0.25, -0.2) is 0 Å². The van der Waals surface area contributed by atoms with Crippen molar-refractivity contribution in [2.75, 3.05) is 6.54 Å². The molecular weight excluding hydrogens is 323 g/mol. The topological polar surface area (TPSA) is 66.4 Å². The molecule has 0 aliphatic heterocycles. The Morgan fingerprint density at radius 2 is 1.92 bits per heavy atom. The molecule has 7 heteroatoms. The number of halogens is 3. The number of amides is 1. The lowest BCUT2D eigenvalue weighted by Gasteiger charge is -2.29. The van der Waals surface area contributed by atoms with E-state index in [0.717, 1.165) is 25.0 Å². The number of alkyl halides is 3. The Morgan fingerprint density at radius 3 is 2.46 bits per heavy atom. The maximum absolute atomic E-state index is 13.0. The van der Waals surface area contributed by atoms with Gasteiger partial charge in [0.25, 0.3) is 0 Å². The fourth-order valence-electron chi connectivity index (χ4n) is 3.12. The monoisotopic (exact) mass is 343 g/mol. The first-order valence-corrected chi connectivity index (χ1v) is 7.86. The van der Waals surface area contributed by atoms with Gasteiger partial charge in [0.2, 0.25) is 5.91 Å². The van der Waals surface area contributed by atoms with Crippen LogP contribution >= 0.6 is 0 Å². The number of carboxylic acids is 1. The second kappa shape index (κ2) is 6.83. The molecule has 0 heterocycles. The fourth-order valence-corrected chi connectivity index (χ4v) is 3.12. The molecule has 1 fully saturated rings. The summed E-state index contributed by atoms with van der Waals surface area (Å²) in [4.78, 5) is 23.5. The summed E-state index contributed by atoms with van der Waals surface area (Å²) < 4.78 is 38.9. The first-order valence-electron chi connectivity index (χ1n) is 7.86. The van der Waals surface area contributed by atoms with E-state index in [4.69, 9.17) is 5.11 Å². The van der Waals surface area contributed by atoms with Gasteiger partial charge in [-0.1, -0.05) is 38.0 Å². The van der Waals surface area contributed by atoms with Crippen molar-refractivity contribution in [2.24, 2.45) is 5.92 Å². The number of rotatable bonds is 5. The van der Waals surface area contributed by atoms with Crippen LogP contribution in [0.3, 0.4) is 0 Å². The van der Waals surface area contributed by atoms with Crippen molar-refractivity contribution < 1.29 is 27.9 Å². The Balaban J connectivity index is 2.28. The van der Waals surface area contributed by atoms with E-state index in [1.54, 1.807) is 6.07 Å².